The van der Waals surface area contributed by atoms with Gasteiger partial charge in [-0.05, 0) is 62.4 Å². The molecule has 3 aromatic heterocycles. The van der Waals surface area contributed by atoms with Gasteiger partial charge in [-0.2, -0.15) is 10.2 Å². The molecule has 0 unspecified atom stereocenters. The maximum atomic E-state index is 13.6. The molecule has 0 saturated carbocycles. The number of nitrogens with zero attached hydrogens (tertiary/aromatic N) is 6. The molecule has 5 rings (SSSR count). The van der Waals surface area contributed by atoms with Crippen LogP contribution in [0, 0.1) is 19.7 Å². The van der Waals surface area contributed by atoms with Crippen LogP contribution in [0.2, 0.25) is 0 Å². The third-order valence-electron chi connectivity index (χ3n) is 6.08. The van der Waals surface area contributed by atoms with Gasteiger partial charge >= 0.3 is 0 Å². The number of benzene rings is 2. The lowest BCUT2D eigenvalue weighted by molar-refractivity contribution is 0.0784. The first-order valence-electron chi connectivity index (χ1n) is 11.3. The van der Waals surface area contributed by atoms with E-state index < -0.39 is 0 Å². The second-order valence-electron chi connectivity index (χ2n) is 8.42. The summed E-state index contributed by atoms with van der Waals surface area (Å²) in [5.74, 6) is 0.0847. The van der Waals surface area contributed by atoms with E-state index in [0.29, 0.717) is 23.6 Å². The molecule has 0 aliphatic rings. The molecule has 0 saturated heterocycles. The third-order valence-corrected chi connectivity index (χ3v) is 6.08. The van der Waals surface area contributed by atoms with E-state index in [1.54, 1.807) is 35.0 Å². The molecule has 0 spiro atoms. The van der Waals surface area contributed by atoms with E-state index in [0.717, 1.165) is 22.6 Å². The molecule has 0 fully saturated rings. The summed E-state index contributed by atoms with van der Waals surface area (Å²) in [6, 6.07) is 19.7. The van der Waals surface area contributed by atoms with Crippen molar-refractivity contribution < 1.29 is 9.18 Å². The second kappa shape index (κ2) is 9.06. The Bertz CT molecular complexity index is 1470. The van der Waals surface area contributed by atoms with Gasteiger partial charge in [0.05, 0.1) is 23.3 Å². The van der Waals surface area contributed by atoms with Crippen molar-refractivity contribution in [3.05, 3.63) is 114 Å². The largest absolute Gasteiger partial charge is 0.337 e. The molecule has 3 heterocycles. The van der Waals surface area contributed by atoms with Crippen molar-refractivity contribution in [1.29, 1.82) is 0 Å². The van der Waals surface area contributed by atoms with Gasteiger partial charge in [0.1, 0.15) is 11.4 Å². The van der Waals surface area contributed by atoms with E-state index >= 15 is 0 Å². The van der Waals surface area contributed by atoms with Gasteiger partial charge in [-0.25, -0.2) is 13.8 Å². The van der Waals surface area contributed by atoms with E-state index in [-0.39, 0.29) is 11.7 Å². The molecule has 0 aliphatic carbocycles. The van der Waals surface area contributed by atoms with Gasteiger partial charge in [0.25, 0.3) is 5.91 Å². The summed E-state index contributed by atoms with van der Waals surface area (Å²) in [5.41, 5.74) is 4.94. The molecule has 0 radical (unpaired) electrons. The van der Waals surface area contributed by atoms with Crippen LogP contribution in [-0.4, -0.2) is 42.0 Å². The lowest BCUT2D eigenvalue weighted by Gasteiger charge is -2.18. The predicted molar refractivity (Wildman–Crippen MR) is 132 cm³/mol. The van der Waals surface area contributed by atoms with Gasteiger partial charge < -0.3 is 9.47 Å². The fraction of sp³-hybridized carbons (Fsp3) is 0.148. The Labute approximate surface area is 202 Å². The topological polar surface area (TPSA) is 60.9 Å². The highest BCUT2D eigenvalue weighted by atomic mass is 19.1. The van der Waals surface area contributed by atoms with Crippen LogP contribution >= 0.6 is 0 Å². The Morgan fingerprint density at radius 2 is 1.57 bits per heavy atom. The van der Waals surface area contributed by atoms with Crippen LogP contribution in [0.3, 0.4) is 0 Å². The Hall–Kier alpha value is -4.46. The molecule has 35 heavy (non-hydrogen) atoms. The van der Waals surface area contributed by atoms with Crippen LogP contribution in [0.4, 0.5) is 4.39 Å². The molecule has 8 heteroatoms. The van der Waals surface area contributed by atoms with Crippen LogP contribution < -0.4 is 0 Å². The summed E-state index contributed by atoms with van der Waals surface area (Å²) < 4.78 is 18.9. The first-order valence-corrected chi connectivity index (χ1v) is 11.3. The maximum absolute atomic E-state index is 13.6. The van der Waals surface area contributed by atoms with E-state index in [4.69, 9.17) is 5.10 Å². The van der Waals surface area contributed by atoms with E-state index in [1.165, 1.54) is 12.1 Å². The zero-order valence-corrected chi connectivity index (χ0v) is 19.8. The normalized spacial score (nSPS) is 11.1. The van der Waals surface area contributed by atoms with Gasteiger partial charge in [-0.3, -0.25) is 4.79 Å². The second-order valence-corrected chi connectivity index (χ2v) is 8.42. The minimum atomic E-state index is -0.332. The molecule has 0 aliphatic heterocycles. The number of aromatic nitrogens is 5. The zero-order valence-electron chi connectivity index (χ0n) is 19.8. The number of carbonyl (C=O) groups is 1. The lowest BCUT2D eigenvalue weighted by Crippen LogP contribution is -2.27. The maximum Gasteiger partial charge on any atom is 0.259 e. The summed E-state index contributed by atoms with van der Waals surface area (Å²) >= 11 is 0. The van der Waals surface area contributed by atoms with Crippen LogP contribution in [0.5, 0.6) is 0 Å². The molecule has 0 bridgehead atoms. The van der Waals surface area contributed by atoms with Crippen LogP contribution in [0.15, 0.2) is 85.3 Å². The molecular formula is C27H25FN6O. The molecule has 176 valence electrons. The van der Waals surface area contributed by atoms with Crippen molar-refractivity contribution >= 4 is 5.91 Å². The number of rotatable bonds is 6. The summed E-state index contributed by atoms with van der Waals surface area (Å²) in [5, 5.41) is 9.17. The summed E-state index contributed by atoms with van der Waals surface area (Å²) in [6.45, 7) is 4.37. The molecule has 2 aromatic carbocycles. The van der Waals surface area contributed by atoms with Crippen molar-refractivity contribution in [3.63, 3.8) is 0 Å². The first-order chi connectivity index (χ1) is 16.9. The van der Waals surface area contributed by atoms with Gasteiger partial charge in [0.2, 0.25) is 0 Å². The molecule has 1 amide bonds. The average molecular weight is 469 g/mol. The first kappa shape index (κ1) is 22.3. The monoisotopic (exact) mass is 468 g/mol. The Balaban J connectivity index is 1.49. The van der Waals surface area contributed by atoms with Crippen molar-refractivity contribution in [3.8, 4) is 17.2 Å². The molecule has 0 N–H and O–H groups in total. The van der Waals surface area contributed by atoms with Crippen LogP contribution in [0.1, 0.15) is 27.3 Å². The van der Waals surface area contributed by atoms with E-state index in [9.17, 15) is 9.18 Å². The standard InChI is InChI=1S/C27H25FN6O/c1-19-25(20(2)33(30-19)22-9-5-4-6-10-22)18-31(3)27(35)24-17-29-34(23-13-11-21(28)12-14-23)26(24)32-15-7-8-16-32/h4-17H,18H2,1-3H3. The average Bonchev–Trinajstić information content (AvgIpc) is 3.60. The lowest BCUT2D eigenvalue weighted by atomic mass is 10.1. The molecule has 0 atom stereocenters. The number of hydrogen-bond donors (Lipinski definition) is 0. The van der Waals surface area contributed by atoms with Crippen LogP contribution in [0.25, 0.3) is 17.2 Å². The summed E-state index contributed by atoms with van der Waals surface area (Å²) in [4.78, 5) is 15.3. The molecular weight excluding hydrogens is 443 g/mol. The van der Waals surface area contributed by atoms with E-state index in [2.05, 4.69) is 5.10 Å². The number of halogens is 1. The fourth-order valence-corrected chi connectivity index (χ4v) is 4.23. The van der Waals surface area contributed by atoms with Gasteiger partial charge in [-0.1, -0.05) is 18.2 Å². The Kier molecular flexibility index (Phi) is 5.78. The minimum absolute atomic E-state index is 0.173. The van der Waals surface area contributed by atoms with Crippen molar-refractivity contribution in [2.45, 2.75) is 20.4 Å². The number of amides is 1. The van der Waals surface area contributed by atoms with Crippen molar-refractivity contribution in [2.24, 2.45) is 0 Å². The Morgan fingerprint density at radius 1 is 0.914 bits per heavy atom. The predicted octanol–water partition coefficient (Wildman–Crippen LogP) is 4.88. The van der Waals surface area contributed by atoms with Gasteiger partial charge in [0.15, 0.2) is 5.82 Å². The SMILES string of the molecule is Cc1nn(-c2ccccc2)c(C)c1CN(C)C(=O)c1cnn(-c2ccc(F)cc2)c1-n1cccc1. The number of carbonyl (C=O) groups excluding carboxylic acids is 1. The number of hydrogen-bond acceptors (Lipinski definition) is 3. The quantitative estimate of drug-likeness (QED) is 0.357. The minimum Gasteiger partial charge on any atom is -0.337 e. The molecule has 5 aromatic rings. The van der Waals surface area contributed by atoms with Crippen molar-refractivity contribution in [2.75, 3.05) is 7.05 Å². The van der Waals surface area contributed by atoms with Crippen LogP contribution in [-0.2, 0) is 6.54 Å². The highest BCUT2D eigenvalue weighted by Crippen LogP contribution is 2.24. The van der Waals surface area contributed by atoms with Gasteiger partial charge in [-0.15, -0.1) is 0 Å². The highest BCUT2D eigenvalue weighted by molar-refractivity contribution is 5.97. The highest BCUT2D eigenvalue weighted by Gasteiger charge is 2.24. The Morgan fingerprint density at radius 3 is 2.26 bits per heavy atom. The van der Waals surface area contributed by atoms with E-state index in [1.807, 2.05) is 78.0 Å². The van der Waals surface area contributed by atoms with Gasteiger partial charge in [0, 0.05) is 37.2 Å². The molecule has 7 nitrogen and oxygen atoms in total. The summed E-state index contributed by atoms with van der Waals surface area (Å²) in [6.07, 6.45) is 5.27. The van der Waals surface area contributed by atoms with Crippen molar-refractivity contribution in [1.82, 2.24) is 29.0 Å². The number of para-hydroxylation sites is 1. The fourth-order valence-electron chi connectivity index (χ4n) is 4.23. The number of aryl methyl sites for hydroxylation is 1. The smallest absolute Gasteiger partial charge is 0.259 e. The summed E-state index contributed by atoms with van der Waals surface area (Å²) in [7, 11) is 1.77. The third kappa shape index (κ3) is 4.14. The zero-order chi connectivity index (χ0) is 24.5.